The predicted molar refractivity (Wildman–Crippen MR) is 70.7 cm³/mol. The van der Waals surface area contributed by atoms with Crippen molar-refractivity contribution in [1.29, 1.82) is 0 Å². The zero-order valence-corrected chi connectivity index (χ0v) is 10.4. The Morgan fingerprint density at radius 3 is 2.94 bits per heavy atom. The molecule has 0 aliphatic heterocycles. The number of H-pyrrole nitrogens is 1. The maximum Gasteiger partial charge on any atom is 0.226 e. The lowest BCUT2D eigenvalue weighted by Crippen LogP contribution is -2.06. The third kappa shape index (κ3) is 2.86. The van der Waals surface area contributed by atoms with Gasteiger partial charge in [-0.1, -0.05) is 0 Å². The van der Waals surface area contributed by atoms with Crippen molar-refractivity contribution < 1.29 is 5.11 Å². The molecule has 7 heteroatoms. The van der Waals surface area contributed by atoms with E-state index in [9.17, 15) is 0 Å². The van der Waals surface area contributed by atoms with E-state index in [2.05, 4.69) is 30.8 Å². The van der Waals surface area contributed by atoms with Crippen LogP contribution in [0.2, 0.25) is 0 Å². The van der Waals surface area contributed by atoms with E-state index in [1.54, 1.807) is 13.2 Å². The molecular weight excluding hydrogens is 232 g/mol. The molecule has 2 aromatic rings. The van der Waals surface area contributed by atoms with Gasteiger partial charge in [0.25, 0.3) is 0 Å². The van der Waals surface area contributed by atoms with Gasteiger partial charge < -0.3 is 15.7 Å². The second-order valence-electron chi connectivity index (χ2n) is 3.99. The van der Waals surface area contributed by atoms with Gasteiger partial charge in [0.1, 0.15) is 5.82 Å². The molecule has 0 aliphatic carbocycles. The third-order valence-electron chi connectivity index (χ3n) is 2.66. The van der Waals surface area contributed by atoms with Crippen LogP contribution < -0.4 is 10.6 Å². The SMILES string of the molecule is CNc1nc(NCCCCCO)c2cn[nH]c2n1. The summed E-state index contributed by atoms with van der Waals surface area (Å²) < 4.78 is 0. The van der Waals surface area contributed by atoms with Crippen molar-refractivity contribution in [1.82, 2.24) is 20.2 Å². The highest BCUT2D eigenvalue weighted by Gasteiger charge is 2.07. The number of anilines is 2. The summed E-state index contributed by atoms with van der Waals surface area (Å²) in [7, 11) is 1.78. The van der Waals surface area contributed by atoms with Crippen molar-refractivity contribution in [2.45, 2.75) is 19.3 Å². The first-order chi connectivity index (χ1) is 8.85. The maximum absolute atomic E-state index is 8.70. The van der Waals surface area contributed by atoms with Gasteiger partial charge in [0.05, 0.1) is 11.6 Å². The minimum atomic E-state index is 0.253. The first-order valence-corrected chi connectivity index (χ1v) is 6.08. The van der Waals surface area contributed by atoms with Crippen molar-refractivity contribution in [3.05, 3.63) is 6.20 Å². The fourth-order valence-corrected chi connectivity index (χ4v) is 1.70. The minimum Gasteiger partial charge on any atom is -0.396 e. The van der Waals surface area contributed by atoms with Crippen LogP contribution in [0.1, 0.15) is 19.3 Å². The van der Waals surface area contributed by atoms with E-state index in [-0.39, 0.29) is 6.61 Å². The van der Waals surface area contributed by atoms with Crippen LogP contribution >= 0.6 is 0 Å². The highest BCUT2D eigenvalue weighted by Crippen LogP contribution is 2.19. The van der Waals surface area contributed by atoms with E-state index in [1.165, 1.54) is 0 Å². The zero-order valence-electron chi connectivity index (χ0n) is 10.4. The Balaban J connectivity index is 2.04. The van der Waals surface area contributed by atoms with Crippen LogP contribution in [-0.2, 0) is 0 Å². The zero-order chi connectivity index (χ0) is 12.8. The van der Waals surface area contributed by atoms with Crippen LogP contribution in [0.25, 0.3) is 11.0 Å². The summed E-state index contributed by atoms with van der Waals surface area (Å²) in [5.41, 5.74) is 0.715. The Kier molecular flexibility index (Phi) is 4.30. The summed E-state index contributed by atoms with van der Waals surface area (Å²) in [6.45, 7) is 1.07. The number of unbranched alkanes of at least 4 members (excludes halogenated alkanes) is 2. The summed E-state index contributed by atoms with van der Waals surface area (Å²) >= 11 is 0. The van der Waals surface area contributed by atoms with Crippen molar-refractivity contribution in [2.75, 3.05) is 30.8 Å². The van der Waals surface area contributed by atoms with E-state index < -0.39 is 0 Å². The number of aromatic nitrogens is 4. The molecule has 98 valence electrons. The normalized spacial score (nSPS) is 10.8. The van der Waals surface area contributed by atoms with Crippen LogP contribution in [0, 0.1) is 0 Å². The van der Waals surface area contributed by atoms with Gasteiger partial charge >= 0.3 is 0 Å². The van der Waals surface area contributed by atoms with E-state index >= 15 is 0 Å². The monoisotopic (exact) mass is 250 g/mol. The van der Waals surface area contributed by atoms with Gasteiger partial charge in [-0.25, -0.2) is 0 Å². The molecule has 0 aliphatic rings. The smallest absolute Gasteiger partial charge is 0.226 e. The topological polar surface area (TPSA) is 98.8 Å². The predicted octanol–water partition coefficient (Wildman–Crippen LogP) is 0.969. The number of nitrogens with zero attached hydrogens (tertiary/aromatic N) is 3. The van der Waals surface area contributed by atoms with Crippen LogP contribution in [0.4, 0.5) is 11.8 Å². The van der Waals surface area contributed by atoms with Gasteiger partial charge in [-0.2, -0.15) is 15.1 Å². The van der Waals surface area contributed by atoms with E-state index in [4.69, 9.17) is 5.11 Å². The van der Waals surface area contributed by atoms with Gasteiger partial charge in [-0.05, 0) is 19.3 Å². The van der Waals surface area contributed by atoms with Crippen molar-refractivity contribution >= 4 is 22.8 Å². The molecule has 2 heterocycles. The summed E-state index contributed by atoms with van der Waals surface area (Å²) in [5, 5.41) is 22.6. The Hall–Kier alpha value is -1.89. The first-order valence-electron chi connectivity index (χ1n) is 6.08. The highest BCUT2D eigenvalue weighted by molar-refractivity contribution is 5.86. The molecule has 0 bridgehead atoms. The number of rotatable bonds is 7. The molecule has 18 heavy (non-hydrogen) atoms. The van der Waals surface area contributed by atoms with Gasteiger partial charge in [-0.3, -0.25) is 5.10 Å². The Labute approximate surface area is 105 Å². The summed E-state index contributed by atoms with van der Waals surface area (Å²) in [6.07, 6.45) is 4.56. The number of nitrogens with one attached hydrogen (secondary N) is 3. The quantitative estimate of drug-likeness (QED) is 0.546. The van der Waals surface area contributed by atoms with Crippen LogP contribution in [-0.4, -0.2) is 45.5 Å². The van der Waals surface area contributed by atoms with E-state index in [0.717, 1.165) is 37.0 Å². The molecule has 0 aromatic carbocycles. The lowest BCUT2D eigenvalue weighted by Gasteiger charge is -2.07. The second kappa shape index (κ2) is 6.15. The molecule has 2 rings (SSSR count). The number of hydrogen-bond donors (Lipinski definition) is 4. The maximum atomic E-state index is 8.70. The van der Waals surface area contributed by atoms with Crippen molar-refractivity contribution in [3.63, 3.8) is 0 Å². The molecule has 2 aromatic heterocycles. The molecule has 0 amide bonds. The number of aliphatic hydroxyl groups excluding tert-OH is 1. The molecule has 0 radical (unpaired) electrons. The van der Waals surface area contributed by atoms with Gasteiger partial charge in [0, 0.05) is 20.2 Å². The molecule has 0 atom stereocenters. The second-order valence-corrected chi connectivity index (χ2v) is 3.99. The first kappa shape index (κ1) is 12.6. The average molecular weight is 250 g/mol. The number of aromatic amines is 1. The summed E-state index contributed by atoms with van der Waals surface area (Å²) in [6, 6.07) is 0. The standard InChI is InChI=1S/C11H18N6O/c1-12-11-15-9(13-5-3-2-4-6-18)8-7-14-17-10(8)16-11/h7,18H,2-6H2,1H3,(H3,12,13,14,15,16,17). The third-order valence-corrected chi connectivity index (χ3v) is 2.66. The molecule has 0 unspecified atom stereocenters. The number of aliphatic hydroxyl groups is 1. The fraction of sp³-hybridized carbons (Fsp3) is 0.545. The molecular formula is C11H18N6O. The van der Waals surface area contributed by atoms with Crippen LogP contribution in [0.5, 0.6) is 0 Å². The molecule has 0 saturated carbocycles. The van der Waals surface area contributed by atoms with Gasteiger partial charge in [0.15, 0.2) is 5.65 Å². The van der Waals surface area contributed by atoms with Crippen molar-refractivity contribution in [3.8, 4) is 0 Å². The number of hydrogen-bond acceptors (Lipinski definition) is 6. The Morgan fingerprint density at radius 1 is 1.28 bits per heavy atom. The molecule has 7 nitrogen and oxygen atoms in total. The van der Waals surface area contributed by atoms with Gasteiger partial charge in [-0.15, -0.1) is 0 Å². The molecule has 0 spiro atoms. The van der Waals surface area contributed by atoms with Crippen LogP contribution in [0.3, 0.4) is 0 Å². The summed E-state index contributed by atoms with van der Waals surface area (Å²) in [4.78, 5) is 8.63. The van der Waals surface area contributed by atoms with Crippen LogP contribution in [0.15, 0.2) is 6.20 Å². The molecule has 0 saturated heterocycles. The Morgan fingerprint density at radius 2 is 2.17 bits per heavy atom. The lowest BCUT2D eigenvalue weighted by atomic mass is 10.2. The molecule has 0 fully saturated rings. The van der Waals surface area contributed by atoms with E-state index in [1.807, 2.05) is 0 Å². The fourth-order valence-electron chi connectivity index (χ4n) is 1.70. The average Bonchev–Trinajstić information content (AvgIpc) is 2.86. The van der Waals surface area contributed by atoms with Crippen molar-refractivity contribution in [2.24, 2.45) is 0 Å². The largest absolute Gasteiger partial charge is 0.396 e. The minimum absolute atomic E-state index is 0.253. The lowest BCUT2D eigenvalue weighted by molar-refractivity contribution is 0.283. The number of fused-ring (bicyclic) bond motifs is 1. The Bertz CT molecular complexity index is 497. The van der Waals surface area contributed by atoms with Gasteiger partial charge in [0.2, 0.25) is 5.95 Å². The van der Waals surface area contributed by atoms with E-state index in [0.29, 0.717) is 11.6 Å². The molecule has 4 N–H and O–H groups in total. The summed E-state index contributed by atoms with van der Waals surface area (Å²) in [5.74, 6) is 1.34. The highest BCUT2D eigenvalue weighted by atomic mass is 16.2.